The highest BCUT2D eigenvalue weighted by Crippen LogP contribution is 2.23. The average Bonchev–Trinajstić information content (AvgIpc) is 3.76. The molecule has 3 fully saturated rings. The topological polar surface area (TPSA) is 155 Å². The van der Waals surface area contributed by atoms with Crippen molar-refractivity contribution in [2.75, 3.05) is 52.6 Å². The summed E-state index contributed by atoms with van der Waals surface area (Å²) in [5.41, 5.74) is 0.397. The van der Waals surface area contributed by atoms with Gasteiger partial charge in [-0.3, -0.25) is 19.2 Å². The lowest BCUT2D eigenvalue weighted by Gasteiger charge is -2.35. The monoisotopic (exact) mass is 669 g/mol. The Morgan fingerprint density at radius 3 is 2.38 bits per heavy atom. The van der Waals surface area contributed by atoms with Crippen LogP contribution in [0.3, 0.4) is 0 Å². The molecule has 14 nitrogen and oxygen atoms in total. The van der Waals surface area contributed by atoms with Crippen LogP contribution in [0.2, 0.25) is 0 Å². The molecule has 5 amide bonds. The molecule has 0 spiro atoms. The van der Waals surface area contributed by atoms with Crippen molar-refractivity contribution in [1.29, 1.82) is 0 Å². The Labute approximate surface area is 278 Å². The molecule has 260 valence electrons. The Balaban J connectivity index is 1.21. The van der Waals surface area contributed by atoms with E-state index in [0.717, 1.165) is 32.1 Å². The number of likely N-dealkylation sites (tertiary alicyclic amines) is 1. The van der Waals surface area contributed by atoms with Gasteiger partial charge in [0.15, 0.2) is 12.3 Å². The van der Waals surface area contributed by atoms with Crippen molar-refractivity contribution < 1.29 is 37.8 Å². The summed E-state index contributed by atoms with van der Waals surface area (Å²) in [4.78, 5) is 69.1. The molecule has 0 bridgehead atoms. The normalized spacial score (nSPS) is 18.5. The smallest absolute Gasteiger partial charge is 0.409 e. The summed E-state index contributed by atoms with van der Waals surface area (Å²) in [6.45, 7) is 2.02. The summed E-state index contributed by atoms with van der Waals surface area (Å²) in [7, 11) is 0. The third-order valence-corrected chi connectivity index (χ3v) is 8.91. The van der Waals surface area contributed by atoms with Crippen molar-refractivity contribution in [3.8, 4) is 11.6 Å². The zero-order valence-electron chi connectivity index (χ0n) is 27.3. The molecule has 3 heterocycles. The summed E-state index contributed by atoms with van der Waals surface area (Å²) in [5, 5.41) is 9.80. The summed E-state index contributed by atoms with van der Waals surface area (Å²) >= 11 is 0. The number of nitrogens with zero attached hydrogens (tertiary/aromatic N) is 5. The number of rotatable bonds is 13. The maximum Gasteiger partial charge on any atom is 0.409 e. The standard InChI is InChI=1S/C33H44FN7O7/c1-2-3-19-47-33(46)39-17-15-38(16-18-39)32(45)26(21-34)36-30(43)25-20-29(41(37-25)24-11-5-4-6-12-24)48-22-28(42)40-14-8-13-27(40)31(44)35-23-9-7-10-23/h4-6,11-12,20,23,26-27H,2-3,7-10,13-19,21-22H2,1H3,(H,35,44)(H,36,43)/t26-,27-/m0/s1. The molecule has 15 heteroatoms. The molecule has 2 aromatic rings. The average molecular weight is 670 g/mol. The van der Waals surface area contributed by atoms with Gasteiger partial charge in [-0.2, -0.15) is 5.10 Å². The van der Waals surface area contributed by atoms with E-state index in [9.17, 15) is 28.4 Å². The Morgan fingerprint density at radius 1 is 0.979 bits per heavy atom. The molecule has 3 aliphatic rings. The van der Waals surface area contributed by atoms with Crippen LogP contribution < -0.4 is 15.4 Å². The van der Waals surface area contributed by atoms with Crippen molar-refractivity contribution in [3.05, 3.63) is 42.1 Å². The molecule has 2 aliphatic heterocycles. The molecular weight excluding hydrogens is 625 g/mol. The van der Waals surface area contributed by atoms with Crippen molar-refractivity contribution in [3.63, 3.8) is 0 Å². The Hall–Kier alpha value is -4.69. The van der Waals surface area contributed by atoms with Crippen LogP contribution in [0.5, 0.6) is 5.88 Å². The van der Waals surface area contributed by atoms with Gasteiger partial charge in [0.1, 0.15) is 18.8 Å². The molecule has 1 aromatic heterocycles. The van der Waals surface area contributed by atoms with Gasteiger partial charge in [-0.1, -0.05) is 31.5 Å². The number of ether oxygens (including phenoxy) is 2. The van der Waals surface area contributed by atoms with E-state index in [1.165, 1.54) is 25.4 Å². The number of piperazine rings is 1. The highest BCUT2D eigenvalue weighted by atomic mass is 19.1. The second kappa shape index (κ2) is 16.4. The summed E-state index contributed by atoms with van der Waals surface area (Å²) < 4.78 is 26.6. The van der Waals surface area contributed by atoms with Gasteiger partial charge in [-0.25, -0.2) is 13.9 Å². The number of hydrogen-bond donors (Lipinski definition) is 2. The summed E-state index contributed by atoms with van der Waals surface area (Å²) in [6.07, 6.45) is 5.47. The Kier molecular flexibility index (Phi) is 11.9. The minimum atomic E-state index is -1.47. The number of carbonyl (C=O) groups excluding carboxylic acids is 5. The lowest BCUT2D eigenvalue weighted by Crippen LogP contribution is -2.56. The molecule has 1 aromatic carbocycles. The minimum Gasteiger partial charge on any atom is -0.467 e. The predicted molar refractivity (Wildman–Crippen MR) is 171 cm³/mol. The largest absolute Gasteiger partial charge is 0.467 e. The number of halogens is 1. The van der Waals surface area contributed by atoms with Crippen molar-refractivity contribution >= 4 is 29.7 Å². The van der Waals surface area contributed by atoms with Gasteiger partial charge in [0.25, 0.3) is 11.8 Å². The quantitative estimate of drug-likeness (QED) is 0.307. The summed E-state index contributed by atoms with van der Waals surface area (Å²) in [5.74, 6) is -1.86. The van der Waals surface area contributed by atoms with Crippen molar-refractivity contribution in [1.82, 2.24) is 35.1 Å². The molecule has 2 saturated heterocycles. The number of nitrogens with one attached hydrogen (secondary N) is 2. The van der Waals surface area contributed by atoms with E-state index in [-0.39, 0.29) is 55.6 Å². The third-order valence-electron chi connectivity index (χ3n) is 8.91. The molecule has 2 N–H and O–H groups in total. The number of para-hydroxylation sites is 1. The second-order valence-electron chi connectivity index (χ2n) is 12.2. The zero-order chi connectivity index (χ0) is 34.0. The number of hydrogen-bond acceptors (Lipinski definition) is 8. The number of amides is 5. The molecule has 0 unspecified atom stereocenters. The first-order valence-electron chi connectivity index (χ1n) is 16.7. The lowest BCUT2D eigenvalue weighted by molar-refractivity contribution is -0.140. The number of carbonyl (C=O) groups is 5. The molecule has 0 radical (unpaired) electrons. The van der Waals surface area contributed by atoms with Crippen LogP contribution >= 0.6 is 0 Å². The van der Waals surface area contributed by atoms with Gasteiger partial charge >= 0.3 is 6.09 Å². The SMILES string of the molecule is CCCCOC(=O)N1CCN(C(=O)[C@H](CF)NC(=O)c2cc(OCC(=O)N3CCC[C@H]3C(=O)NC3CCC3)n(-c3ccccc3)n2)CC1. The van der Waals surface area contributed by atoms with Crippen LogP contribution in [-0.4, -0.2) is 125 Å². The van der Waals surface area contributed by atoms with Crippen LogP contribution in [0.4, 0.5) is 9.18 Å². The fourth-order valence-corrected chi connectivity index (χ4v) is 5.86. The van der Waals surface area contributed by atoms with Gasteiger partial charge in [-0.15, -0.1) is 0 Å². The van der Waals surface area contributed by atoms with Crippen LogP contribution in [0.1, 0.15) is 62.4 Å². The molecule has 48 heavy (non-hydrogen) atoms. The Bertz CT molecular complexity index is 1440. The highest BCUT2D eigenvalue weighted by molar-refractivity contribution is 5.96. The van der Waals surface area contributed by atoms with Gasteiger partial charge in [-0.05, 0) is 50.7 Å². The zero-order valence-corrected chi connectivity index (χ0v) is 27.3. The van der Waals surface area contributed by atoms with E-state index in [4.69, 9.17) is 9.47 Å². The molecule has 1 saturated carbocycles. The van der Waals surface area contributed by atoms with Gasteiger partial charge in [0.05, 0.1) is 12.3 Å². The van der Waals surface area contributed by atoms with E-state index < -0.39 is 43.3 Å². The first-order chi connectivity index (χ1) is 23.3. The van der Waals surface area contributed by atoms with Gasteiger partial charge in [0, 0.05) is 44.8 Å². The minimum absolute atomic E-state index is 0.0828. The number of benzene rings is 1. The maximum atomic E-state index is 14.1. The number of unbranched alkanes of at least 4 members (excludes halogenated alkanes) is 1. The summed E-state index contributed by atoms with van der Waals surface area (Å²) in [6, 6.07) is 8.27. The van der Waals surface area contributed by atoms with Gasteiger partial charge < -0.3 is 34.8 Å². The van der Waals surface area contributed by atoms with Crippen LogP contribution in [0.15, 0.2) is 36.4 Å². The fraction of sp³-hybridized carbons (Fsp3) is 0.576. The highest BCUT2D eigenvalue weighted by Gasteiger charge is 2.36. The lowest BCUT2D eigenvalue weighted by atomic mass is 9.93. The third kappa shape index (κ3) is 8.42. The first kappa shape index (κ1) is 34.6. The number of aromatic nitrogens is 2. The number of alkyl halides is 1. The van der Waals surface area contributed by atoms with Gasteiger partial charge in [0.2, 0.25) is 17.7 Å². The van der Waals surface area contributed by atoms with E-state index >= 15 is 0 Å². The molecule has 2 atom stereocenters. The predicted octanol–water partition coefficient (Wildman–Crippen LogP) is 2.06. The van der Waals surface area contributed by atoms with E-state index in [0.29, 0.717) is 31.7 Å². The van der Waals surface area contributed by atoms with Crippen LogP contribution in [0, 0.1) is 0 Å². The van der Waals surface area contributed by atoms with E-state index in [2.05, 4.69) is 15.7 Å². The van der Waals surface area contributed by atoms with Crippen molar-refractivity contribution in [2.45, 2.75) is 70.0 Å². The van der Waals surface area contributed by atoms with E-state index in [1.54, 1.807) is 30.3 Å². The Morgan fingerprint density at radius 2 is 1.71 bits per heavy atom. The first-order valence-corrected chi connectivity index (χ1v) is 16.7. The molecule has 5 rings (SSSR count). The van der Waals surface area contributed by atoms with Crippen molar-refractivity contribution in [2.24, 2.45) is 0 Å². The fourth-order valence-electron chi connectivity index (χ4n) is 5.86. The molecular formula is C33H44FN7O7. The van der Waals surface area contributed by atoms with Crippen LogP contribution in [-0.2, 0) is 19.1 Å². The maximum absolute atomic E-state index is 14.1. The van der Waals surface area contributed by atoms with E-state index in [1.807, 2.05) is 6.92 Å². The molecule has 1 aliphatic carbocycles. The second-order valence-corrected chi connectivity index (χ2v) is 12.2. The van der Waals surface area contributed by atoms with Crippen LogP contribution in [0.25, 0.3) is 5.69 Å².